The number of nitrogens with zero attached hydrogens (tertiary/aromatic N) is 5. The Labute approximate surface area is 436 Å². The molecular formula is C64H43N5OPt-2. The summed E-state index contributed by atoms with van der Waals surface area (Å²) in [5.41, 5.74) is 8.18. The monoisotopic (exact) mass is 1100 g/mol. The van der Waals surface area contributed by atoms with Crippen LogP contribution in [0.2, 0.25) is 0 Å². The van der Waals surface area contributed by atoms with Crippen LogP contribution >= 0.6 is 0 Å². The Bertz CT molecular complexity index is 4710. The fourth-order valence-corrected chi connectivity index (χ4v) is 10.4. The van der Waals surface area contributed by atoms with Crippen molar-refractivity contribution in [2.24, 2.45) is 0 Å². The zero-order chi connectivity index (χ0) is 53.6. The molecule has 71 heavy (non-hydrogen) atoms. The van der Waals surface area contributed by atoms with E-state index in [1.807, 2.05) is 125 Å². The van der Waals surface area contributed by atoms with Crippen molar-refractivity contribution in [3.63, 3.8) is 0 Å². The third-order valence-corrected chi connectivity index (χ3v) is 13.5. The molecule has 0 N–H and O–H groups in total. The molecule has 6 nitrogen and oxygen atoms in total. The van der Waals surface area contributed by atoms with Crippen LogP contribution in [0.15, 0.2) is 206 Å². The largest absolute Gasteiger partial charge is 0.510 e. The van der Waals surface area contributed by atoms with Gasteiger partial charge in [-0.3, -0.25) is 4.57 Å². The summed E-state index contributed by atoms with van der Waals surface area (Å²) in [4.78, 5) is 4.85. The second-order valence-corrected chi connectivity index (χ2v) is 18.6. The van der Waals surface area contributed by atoms with Crippen LogP contribution in [0.3, 0.4) is 0 Å². The van der Waals surface area contributed by atoms with Gasteiger partial charge < -0.3 is 18.4 Å². The van der Waals surface area contributed by atoms with Gasteiger partial charge in [0.25, 0.3) is 6.33 Å². The first kappa shape index (κ1) is 34.9. The van der Waals surface area contributed by atoms with Crippen molar-refractivity contribution in [1.29, 1.82) is 0 Å². The van der Waals surface area contributed by atoms with Gasteiger partial charge in [0.15, 0.2) is 0 Å². The van der Waals surface area contributed by atoms with Crippen LogP contribution in [-0.4, -0.2) is 18.7 Å². The molecule has 0 spiro atoms. The SMILES string of the molecule is [2H]c1c([2H])c([2H])c2c(c1[2H])-c1cccc(-n3c4ccccc4c4ccccc43)c1-[n+]1[c-]n(-c3[c-]c(Oc4[c-]c5c(cc4)c4ccccc4n5-c4cc(C(C)(C)C)ccn4)ccc3)c3cccc(c31)-c1c([2H])c([2H])c([2H])c([2H])c1-2.[Pt]. The van der Waals surface area contributed by atoms with E-state index >= 15 is 0 Å². The second kappa shape index (κ2) is 16.4. The molecule has 0 atom stereocenters. The third-order valence-electron chi connectivity index (χ3n) is 13.5. The van der Waals surface area contributed by atoms with Gasteiger partial charge in [0.05, 0.1) is 44.4 Å². The van der Waals surface area contributed by atoms with Crippen molar-refractivity contribution in [3.8, 4) is 67.8 Å². The predicted molar refractivity (Wildman–Crippen MR) is 283 cm³/mol. The van der Waals surface area contributed by atoms with Crippen molar-refractivity contribution in [1.82, 2.24) is 18.7 Å². The van der Waals surface area contributed by atoms with E-state index in [2.05, 4.69) is 78.7 Å². The molecule has 4 aromatic heterocycles. The molecule has 9 aromatic carbocycles. The van der Waals surface area contributed by atoms with Gasteiger partial charge in [-0.05, 0) is 91.8 Å². The maximum atomic E-state index is 9.73. The molecule has 0 bridgehead atoms. The minimum Gasteiger partial charge on any atom is -0.510 e. The van der Waals surface area contributed by atoms with E-state index in [-0.39, 0.29) is 60.8 Å². The van der Waals surface area contributed by atoms with Crippen molar-refractivity contribution in [3.05, 3.63) is 230 Å². The number of imidazole rings is 1. The summed E-state index contributed by atoms with van der Waals surface area (Å²) in [5.74, 6) is 1.60. The van der Waals surface area contributed by atoms with Crippen LogP contribution in [0.1, 0.15) is 37.3 Å². The predicted octanol–water partition coefficient (Wildman–Crippen LogP) is 15.3. The molecule has 0 unspecified atom stereocenters. The van der Waals surface area contributed by atoms with E-state index in [1.165, 1.54) is 0 Å². The molecule has 0 radical (unpaired) electrons. The standard InChI is InChI=1S/C64H43N5O.Pt/c1-64(2,3)41-35-36-65-61(37-41)69-57-30-13-10-25-51(57)52-34-33-44(39-60(52)69)70-43-18-14-17-42(38-43)66-40-67-62-53(26-15-31-58(62)66)47-21-6-4-19-45(47)46-20-5-7-22-48(46)54-27-16-32-59(63(54)67)68-55-28-11-8-23-49(55)50-24-9-12-29-56(50)68;/h4-37H,1-3H3;/q-2;/i4D,5D,6D,7D,19D,20D,21D,22D;. The van der Waals surface area contributed by atoms with Crippen molar-refractivity contribution < 1.29 is 41.3 Å². The Hall–Kier alpha value is -8.31. The molecule has 1 aliphatic rings. The third kappa shape index (κ3) is 6.66. The van der Waals surface area contributed by atoms with Gasteiger partial charge in [0, 0.05) is 55.1 Å². The minimum atomic E-state index is -0.532. The topological polar surface area (TPSA) is 40.8 Å². The van der Waals surface area contributed by atoms with E-state index in [1.54, 1.807) is 12.1 Å². The van der Waals surface area contributed by atoms with Crippen molar-refractivity contribution >= 4 is 54.6 Å². The first-order chi connectivity index (χ1) is 37.7. The first-order valence-electron chi connectivity index (χ1n) is 27.1. The molecule has 342 valence electrons. The number of aromatic nitrogens is 5. The zero-order valence-electron chi connectivity index (χ0n) is 46.5. The summed E-state index contributed by atoms with van der Waals surface area (Å²) in [6.45, 7) is 6.55. The average molecular weight is 1100 g/mol. The van der Waals surface area contributed by atoms with Crippen LogP contribution in [0, 0.1) is 18.5 Å². The van der Waals surface area contributed by atoms with Gasteiger partial charge >= 0.3 is 0 Å². The van der Waals surface area contributed by atoms with Crippen molar-refractivity contribution in [2.75, 3.05) is 0 Å². The van der Waals surface area contributed by atoms with Gasteiger partial charge in [-0.2, -0.15) is 18.2 Å². The smallest absolute Gasteiger partial charge is 0.268 e. The summed E-state index contributed by atoms with van der Waals surface area (Å²) in [7, 11) is 0. The number of fused-ring (bicyclic) bond motifs is 13. The number of hydrogen-bond acceptors (Lipinski definition) is 2. The van der Waals surface area contributed by atoms with Gasteiger partial charge in [-0.25, -0.2) is 4.98 Å². The van der Waals surface area contributed by atoms with Crippen molar-refractivity contribution in [2.45, 2.75) is 26.2 Å². The Kier molecular flexibility index (Phi) is 8.06. The maximum Gasteiger partial charge on any atom is 0.268 e. The van der Waals surface area contributed by atoms with Gasteiger partial charge in [-0.15, -0.1) is 29.7 Å². The summed E-state index contributed by atoms with van der Waals surface area (Å²) < 4.78 is 89.5. The number of hydrogen-bond donors (Lipinski definition) is 0. The Morgan fingerprint density at radius 1 is 0.535 bits per heavy atom. The van der Waals surface area contributed by atoms with E-state index in [0.29, 0.717) is 50.7 Å². The normalized spacial score (nSPS) is 13.6. The number of benzene rings is 9. The van der Waals surface area contributed by atoms with E-state index in [0.717, 1.165) is 55.0 Å². The molecule has 1 aliphatic heterocycles. The molecule has 0 aliphatic carbocycles. The van der Waals surface area contributed by atoms with E-state index in [9.17, 15) is 5.48 Å². The number of rotatable bonds is 5. The molecule has 7 heteroatoms. The van der Waals surface area contributed by atoms with Gasteiger partial charge in [0.2, 0.25) is 0 Å². The van der Waals surface area contributed by atoms with Crippen LogP contribution < -0.4 is 9.30 Å². The van der Waals surface area contributed by atoms with Crippen LogP contribution in [-0.2, 0) is 26.5 Å². The molecule has 0 amide bonds. The fourth-order valence-electron chi connectivity index (χ4n) is 10.4. The number of pyridine rings is 1. The molecule has 5 heterocycles. The van der Waals surface area contributed by atoms with E-state index in [4.69, 9.17) is 15.2 Å². The average Bonchev–Trinajstić information content (AvgIpc) is 4.36. The van der Waals surface area contributed by atoms with Gasteiger partial charge in [0.1, 0.15) is 5.82 Å². The minimum absolute atomic E-state index is 0. The molecular weight excluding hydrogens is 1050 g/mol. The fraction of sp³-hybridized carbons (Fsp3) is 0.0625. The quantitative estimate of drug-likeness (QED) is 0.127. The summed E-state index contributed by atoms with van der Waals surface area (Å²) in [6, 6.07) is 52.7. The Morgan fingerprint density at radius 3 is 1.79 bits per heavy atom. The van der Waals surface area contributed by atoms with Gasteiger partial charge in [-0.1, -0.05) is 160 Å². The summed E-state index contributed by atoms with van der Waals surface area (Å²) >= 11 is 0. The number of para-hydroxylation sites is 5. The molecule has 0 fully saturated rings. The van der Waals surface area contributed by atoms with Crippen LogP contribution in [0.25, 0.3) is 111 Å². The molecule has 13 aromatic rings. The summed E-state index contributed by atoms with van der Waals surface area (Å²) in [5, 5.41) is 4.05. The van der Waals surface area contributed by atoms with Crippen LogP contribution in [0.5, 0.6) is 11.5 Å². The molecule has 14 rings (SSSR count). The van der Waals surface area contributed by atoms with E-state index < -0.39 is 36.3 Å². The maximum absolute atomic E-state index is 9.73. The zero-order valence-corrected chi connectivity index (χ0v) is 40.7. The Morgan fingerprint density at radius 2 is 1.10 bits per heavy atom. The molecule has 0 saturated heterocycles. The molecule has 0 saturated carbocycles. The Balaban J connectivity index is 0.00000591. The number of ether oxygens (including phenoxy) is 1. The first-order valence-corrected chi connectivity index (χ1v) is 23.1. The van der Waals surface area contributed by atoms with Crippen LogP contribution in [0.4, 0.5) is 0 Å². The summed E-state index contributed by atoms with van der Waals surface area (Å²) in [6.07, 6.45) is 5.53. The second-order valence-electron chi connectivity index (χ2n) is 18.6.